The average molecular weight is 335 g/mol. The summed E-state index contributed by atoms with van der Waals surface area (Å²) in [5, 5.41) is 0. The van der Waals surface area contributed by atoms with E-state index in [4.69, 9.17) is 4.18 Å². The van der Waals surface area contributed by atoms with Gasteiger partial charge in [0.1, 0.15) is 0 Å². The molecule has 0 N–H and O–H groups in total. The maximum absolute atomic E-state index is 11.9. The van der Waals surface area contributed by atoms with Crippen LogP contribution in [0.1, 0.15) is 18.1 Å². The average Bonchev–Trinajstić information content (AvgIpc) is 2.55. The summed E-state index contributed by atoms with van der Waals surface area (Å²) in [4.78, 5) is 2.31. The molecule has 0 atom stereocenters. The molecule has 0 aliphatic heterocycles. The van der Waals surface area contributed by atoms with Crippen LogP contribution in [0, 0.1) is 6.92 Å². The summed E-state index contributed by atoms with van der Waals surface area (Å²) >= 11 is 0. The molecule has 0 unspecified atom stereocenters. The lowest BCUT2D eigenvalue weighted by Crippen LogP contribution is -2.08. The first-order chi connectivity index (χ1) is 10.8. The quantitative estimate of drug-likeness (QED) is 0.785. The van der Waals surface area contributed by atoms with Gasteiger partial charge in [-0.3, -0.25) is 4.18 Å². The first-order valence-corrected chi connectivity index (χ1v) is 8.90. The fourth-order valence-electron chi connectivity index (χ4n) is 1.49. The Morgan fingerprint density at radius 3 is 1.96 bits per heavy atom. The third kappa shape index (κ3) is 7.41. The molecule has 0 saturated carbocycles. The number of benzene rings is 2. The van der Waals surface area contributed by atoms with Gasteiger partial charge >= 0.3 is 0 Å². The summed E-state index contributed by atoms with van der Waals surface area (Å²) in [6, 6.07) is 15.8. The third-order valence-electron chi connectivity index (χ3n) is 3.17. The zero-order valence-electron chi connectivity index (χ0n) is 14.2. The number of aryl methyl sites for hydroxylation is 1. The van der Waals surface area contributed by atoms with Gasteiger partial charge in [-0.2, -0.15) is 8.42 Å². The summed E-state index contributed by atoms with van der Waals surface area (Å²) in [5.41, 5.74) is 1.84. The molecule has 0 aliphatic rings. The van der Waals surface area contributed by atoms with Crippen molar-refractivity contribution in [3.63, 3.8) is 0 Å². The van der Waals surface area contributed by atoms with Crippen LogP contribution >= 0.6 is 0 Å². The van der Waals surface area contributed by atoms with Crippen molar-refractivity contribution in [3.8, 4) is 0 Å². The van der Waals surface area contributed by atoms with Crippen molar-refractivity contribution in [2.75, 3.05) is 20.6 Å². The molecule has 0 amide bonds. The van der Waals surface area contributed by atoms with Crippen LogP contribution in [-0.2, 0) is 20.9 Å². The van der Waals surface area contributed by atoms with E-state index < -0.39 is 10.1 Å². The molecular formula is C18H25NO3S. The Labute approximate surface area is 139 Å². The van der Waals surface area contributed by atoms with Crippen LogP contribution in [0.2, 0.25) is 0 Å². The Hall–Kier alpha value is -1.69. The van der Waals surface area contributed by atoms with Gasteiger partial charge in [-0.25, -0.2) is 0 Å². The van der Waals surface area contributed by atoms with E-state index in [0.717, 1.165) is 17.7 Å². The highest BCUT2D eigenvalue weighted by Crippen LogP contribution is 2.15. The largest absolute Gasteiger partial charge is 0.310 e. The summed E-state index contributed by atoms with van der Waals surface area (Å²) in [7, 11) is 0.436. The van der Waals surface area contributed by atoms with Gasteiger partial charge in [-0.1, -0.05) is 55.0 Å². The summed E-state index contributed by atoms with van der Waals surface area (Å²) in [5.74, 6) is 0. The van der Waals surface area contributed by atoms with E-state index >= 15 is 0 Å². The monoisotopic (exact) mass is 335 g/mol. The van der Waals surface area contributed by atoms with E-state index in [1.54, 1.807) is 24.3 Å². The van der Waals surface area contributed by atoms with Gasteiger partial charge in [0.05, 0.1) is 11.5 Å². The lowest BCUT2D eigenvalue weighted by molar-refractivity contribution is 0.308. The Morgan fingerprint density at radius 1 is 0.957 bits per heavy atom. The maximum atomic E-state index is 11.9. The van der Waals surface area contributed by atoms with Crippen molar-refractivity contribution in [1.82, 2.24) is 4.90 Å². The fourth-order valence-corrected chi connectivity index (χ4v) is 2.39. The number of nitrogens with zero attached hydrogens (tertiary/aromatic N) is 1. The highest BCUT2D eigenvalue weighted by Gasteiger charge is 2.14. The van der Waals surface area contributed by atoms with Gasteiger partial charge in [0, 0.05) is 0 Å². The molecule has 23 heavy (non-hydrogen) atoms. The minimum Gasteiger partial charge on any atom is -0.310 e. The smallest absolute Gasteiger partial charge is 0.297 e. The Balaban J connectivity index is 0.000000463. The zero-order chi connectivity index (χ0) is 17.3. The summed E-state index contributed by atoms with van der Waals surface area (Å²) < 4.78 is 28.8. The van der Waals surface area contributed by atoms with Crippen molar-refractivity contribution in [3.05, 3.63) is 65.7 Å². The fraction of sp³-hybridized carbons (Fsp3) is 0.333. The molecule has 0 saturated heterocycles. The zero-order valence-corrected chi connectivity index (χ0v) is 15.0. The summed E-state index contributed by atoms with van der Waals surface area (Å²) in [6.45, 7) is 5.22. The molecule has 5 heteroatoms. The molecule has 2 rings (SSSR count). The number of hydrogen-bond donors (Lipinski definition) is 0. The van der Waals surface area contributed by atoms with Gasteiger partial charge < -0.3 is 4.90 Å². The minimum atomic E-state index is -3.68. The molecule has 2 aromatic carbocycles. The molecule has 0 radical (unpaired) electrons. The van der Waals surface area contributed by atoms with Gasteiger partial charge in [-0.15, -0.1) is 0 Å². The minimum absolute atomic E-state index is 0.0526. The number of hydrogen-bond acceptors (Lipinski definition) is 4. The third-order valence-corrected chi connectivity index (χ3v) is 4.44. The van der Waals surface area contributed by atoms with Gasteiger partial charge in [-0.05, 0) is 45.3 Å². The van der Waals surface area contributed by atoms with Crippen LogP contribution in [0.3, 0.4) is 0 Å². The molecule has 0 heterocycles. The maximum Gasteiger partial charge on any atom is 0.297 e. The second kappa shape index (κ2) is 9.45. The molecule has 0 fully saturated rings. The highest BCUT2D eigenvalue weighted by molar-refractivity contribution is 7.86. The number of rotatable bonds is 5. The van der Waals surface area contributed by atoms with Crippen molar-refractivity contribution in [1.29, 1.82) is 0 Å². The first kappa shape index (κ1) is 19.4. The standard InChI is InChI=1S/C14H14O3S.C4H11N/c1-12-7-9-14(10-8-12)18(15,16)17-11-13-5-3-2-4-6-13;1-4-5(2)3/h2-10H,11H2,1H3;4H2,1-3H3. The van der Waals surface area contributed by atoms with Crippen LogP contribution in [0.25, 0.3) is 0 Å². The van der Waals surface area contributed by atoms with Crippen LogP contribution in [0.4, 0.5) is 0 Å². The van der Waals surface area contributed by atoms with E-state index in [1.807, 2.05) is 37.3 Å². The van der Waals surface area contributed by atoms with Gasteiger partial charge in [0.25, 0.3) is 10.1 Å². The second-order valence-corrected chi connectivity index (χ2v) is 7.03. The van der Waals surface area contributed by atoms with Crippen molar-refractivity contribution >= 4 is 10.1 Å². The predicted octanol–water partition coefficient (Wildman–Crippen LogP) is 3.47. The molecule has 0 aliphatic carbocycles. The highest BCUT2D eigenvalue weighted by atomic mass is 32.2. The lowest BCUT2D eigenvalue weighted by atomic mass is 10.2. The van der Waals surface area contributed by atoms with Crippen LogP contribution in [0.5, 0.6) is 0 Å². The first-order valence-electron chi connectivity index (χ1n) is 7.50. The SMILES string of the molecule is CCN(C)C.Cc1ccc(S(=O)(=O)OCc2ccccc2)cc1. The van der Waals surface area contributed by atoms with E-state index in [1.165, 1.54) is 0 Å². The Morgan fingerprint density at radius 2 is 1.48 bits per heavy atom. The van der Waals surface area contributed by atoms with E-state index in [0.29, 0.717) is 0 Å². The molecule has 126 valence electrons. The van der Waals surface area contributed by atoms with Crippen molar-refractivity contribution in [2.24, 2.45) is 0 Å². The van der Waals surface area contributed by atoms with Crippen molar-refractivity contribution in [2.45, 2.75) is 25.3 Å². The summed E-state index contributed by atoms with van der Waals surface area (Å²) in [6.07, 6.45) is 0. The molecule has 0 spiro atoms. The molecule has 0 aromatic heterocycles. The normalized spacial score (nSPS) is 11.0. The topological polar surface area (TPSA) is 46.6 Å². The van der Waals surface area contributed by atoms with Crippen LogP contribution < -0.4 is 0 Å². The Kier molecular flexibility index (Phi) is 7.95. The van der Waals surface area contributed by atoms with Crippen molar-refractivity contribution < 1.29 is 12.6 Å². The van der Waals surface area contributed by atoms with E-state index in [2.05, 4.69) is 25.9 Å². The van der Waals surface area contributed by atoms with Crippen LogP contribution in [0.15, 0.2) is 59.5 Å². The molecule has 0 bridgehead atoms. The van der Waals surface area contributed by atoms with E-state index in [9.17, 15) is 8.42 Å². The van der Waals surface area contributed by atoms with E-state index in [-0.39, 0.29) is 11.5 Å². The van der Waals surface area contributed by atoms with Gasteiger partial charge in [0.15, 0.2) is 0 Å². The lowest BCUT2D eigenvalue weighted by Gasteiger charge is -2.06. The molecule has 2 aromatic rings. The Bertz CT molecular complexity index is 665. The van der Waals surface area contributed by atoms with Crippen LogP contribution in [-0.4, -0.2) is 34.0 Å². The second-order valence-electron chi connectivity index (χ2n) is 5.41. The molecule has 4 nitrogen and oxygen atoms in total. The predicted molar refractivity (Wildman–Crippen MR) is 93.8 cm³/mol. The van der Waals surface area contributed by atoms with Gasteiger partial charge in [0.2, 0.25) is 0 Å². The molecular weight excluding hydrogens is 310 g/mol.